The van der Waals surface area contributed by atoms with Crippen molar-refractivity contribution in [2.75, 3.05) is 26.2 Å². The molecule has 1 aliphatic rings. The second kappa shape index (κ2) is 9.08. The zero-order chi connectivity index (χ0) is 23.5. The van der Waals surface area contributed by atoms with Gasteiger partial charge in [-0.05, 0) is 24.3 Å². The molecule has 0 aromatic heterocycles. The fourth-order valence-corrected chi connectivity index (χ4v) is 3.95. The Morgan fingerprint density at radius 3 is 2.18 bits per heavy atom. The first-order chi connectivity index (χ1) is 16.0. The van der Waals surface area contributed by atoms with Crippen LogP contribution in [0.2, 0.25) is 0 Å². The number of carbonyl (C=O) groups is 2. The van der Waals surface area contributed by atoms with Crippen LogP contribution >= 0.6 is 0 Å². The van der Waals surface area contributed by atoms with E-state index in [4.69, 9.17) is 14.2 Å². The molecule has 33 heavy (non-hydrogen) atoms. The fraction of sp³-hybridized carbons (Fsp3) is 0.154. The SMILES string of the molecule is COc1cccc(N2C(=O)C(=O)C(=C(O)c3ccccc3)[C@@H]2c2ccc(OC)cc2OC)c1. The van der Waals surface area contributed by atoms with Crippen molar-refractivity contribution in [3.63, 3.8) is 0 Å². The molecule has 168 valence electrons. The molecular formula is C26H23NO6. The smallest absolute Gasteiger partial charge is 0.300 e. The van der Waals surface area contributed by atoms with E-state index in [0.717, 1.165) is 0 Å². The van der Waals surface area contributed by atoms with Crippen molar-refractivity contribution in [2.45, 2.75) is 6.04 Å². The number of ether oxygens (including phenoxy) is 3. The van der Waals surface area contributed by atoms with Crippen molar-refractivity contribution in [3.8, 4) is 17.2 Å². The summed E-state index contributed by atoms with van der Waals surface area (Å²) < 4.78 is 16.2. The molecule has 4 rings (SSSR count). The number of methoxy groups -OCH3 is 3. The number of hydrogen-bond donors (Lipinski definition) is 1. The minimum Gasteiger partial charge on any atom is -0.507 e. The molecule has 0 unspecified atom stereocenters. The van der Waals surface area contributed by atoms with E-state index in [-0.39, 0.29) is 11.3 Å². The molecule has 1 aliphatic heterocycles. The van der Waals surface area contributed by atoms with Crippen LogP contribution in [-0.2, 0) is 9.59 Å². The Kier molecular flexibility index (Phi) is 6.04. The van der Waals surface area contributed by atoms with Crippen LogP contribution in [-0.4, -0.2) is 38.1 Å². The molecule has 1 heterocycles. The van der Waals surface area contributed by atoms with Crippen molar-refractivity contribution in [2.24, 2.45) is 0 Å². The van der Waals surface area contributed by atoms with Crippen LogP contribution < -0.4 is 19.1 Å². The highest BCUT2D eigenvalue weighted by Gasteiger charge is 2.48. The third-order valence-electron chi connectivity index (χ3n) is 5.56. The van der Waals surface area contributed by atoms with Gasteiger partial charge in [0.05, 0.1) is 32.9 Å². The number of anilines is 1. The molecule has 1 N–H and O–H groups in total. The lowest BCUT2D eigenvalue weighted by molar-refractivity contribution is -0.132. The quantitative estimate of drug-likeness (QED) is 0.345. The van der Waals surface area contributed by atoms with Crippen LogP contribution in [0.15, 0.2) is 78.4 Å². The van der Waals surface area contributed by atoms with Gasteiger partial charge in [-0.25, -0.2) is 0 Å². The number of nitrogens with zero attached hydrogens (tertiary/aromatic N) is 1. The van der Waals surface area contributed by atoms with Crippen LogP contribution in [0.3, 0.4) is 0 Å². The lowest BCUT2D eigenvalue weighted by atomic mass is 9.94. The number of benzene rings is 3. The van der Waals surface area contributed by atoms with E-state index in [1.54, 1.807) is 72.8 Å². The summed E-state index contributed by atoms with van der Waals surface area (Å²) in [7, 11) is 4.55. The topological polar surface area (TPSA) is 85.3 Å². The molecule has 1 saturated heterocycles. The fourth-order valence-electron chi connectivity index (χ4n) is 3.95. The van der Waals surface area contributed by atoms with E-state index in [1.165, 1.54) is 26.2 Å². The Morgan fingerprint density at radius 1 is 0.818 bits per heavy atom. The van der Waals surface area contributed by atoms with E-state index >= 15 is 0 Å². The Balaban J connectivity index is 1.99. The van der Waals surface area contributed by atoms with Crippen LogP contribution in [0.1, 0.15) is 17.2 Å². The average molecular weight is 445 g/mol. The number of Topliss-reactive ketones (excluding diaryl/α,β-unsaturated/α-hetero) is 1. The predicted octanol–water partition coefficient (Wildman–Crippen LogP) is 4.34. The largest absolute Gasteiger partial charge is 0.507 e. The number of aliphatic hydroxyl groups is 1. The van der Waals surface area contributed by atoms with Gasteiger partial charge in [0.1, 0.15) is 23.0 Å². The molecule has 3 aromatic rings. The third kappa shape index (κ3) is 3.89. The highest BCUT2D eigenvalue weighted by molar-refractivity contribution is 6.51. The third-order valence-corrected chi connectivity index (χ3v) is 5.56. The van der Waals surface area contributed by atoms with E-state index < -0.39 is 17.7 Å². The van der Waals surface area contributed by atoms with Gasteiger partial charge in [-0.3, -0.25) is 14.5 Å². The standard InChI is InChI=1S/C26H23NO6/c1-31-18-11-7-10-17(14-18)27-23(20-13-12-19(32-2)15-21(20)33-3)22(25(29)26(27)30)24(28)16-8-5-4-6-9-16/h4-15,23,28H,1-3H3/t23-/m0/s1. The lowest BCUT2D eigenvalue weighted by Gasteiger charge is -2.27. The highest BCUT2D eigenvalue weighted by Crippen LogP contribution is 2.46. The minimum atomic E-state index is -0.932. The second-order valence-electron chi connectivity index (χ2n) is 7.34. The molecule has 0 saturated carbocycles. The van der Waals surface area contributed by atoms with Gasteiger partial charge in [0, 0.05) is 28.9 Å². The van der Waals surface area contributed by atoms with Crippen LogP contribution in [0.25, 0.3) is 5.76 Å². The zero-order valence-corrected chi connectivity index (χ0v) is 18.4. The summed E-state index contributed by atoms with van der Waals surface area (Å²) in [6.45, 7) is 0. The van der Waals surface area contributed by atoms with Crippen LogP contribution in [0.4, 0.5) is 5.69 Å². The molecule has 0 radical (unpaired) electrons. The van der Waals surface area contributed by atoms with Gasteiger partial charge in [0.25, 0.3) is 11.7 Å². The molecule has 0 spiro atoms. The molecule has 0 bridgehead atoms. The second-order valence-corrected chi connectivity index (χ2v) is 7.34. The number of aliphatic hydroxyl groups excluding tert-OH is 1. The number of amides is 1. The maximum absolute atomic E-state index is 13.3. The molecule has 7 heteroatoms. The number of carbonyl (C=O) groups excluding carboxylic acids is 2. The minimum absolute atomic E-state index is 0.0301. The first kappa shape index (κ1) is 22.0. The Hall–Kier alpha value is -4.26. The van der Waals surface area contributed by atoms with Gasteiger partial charge in [0.15, 0.2) is 0 Å². The van der Waals surface area contributed by atoms with Crippen molar-refractivity contribution in [3.05, 3.63) is 89.5 Å². The van der Waals surface area contributed by atoms with Gasteiger partial charge < -0.3 is 19.3 Å². The predicted molar refractivity (Wildman–Crippen MR) is 124 cm³/mol. The molecule has 1 atom stereocenters. The molecule has 1 fully saturated rings. The van der Waals surface area contributed by atoms with Crippen LogP contribution in [0.5, 0.6) is 17.2 Å². The molecule has 3 aromatic carbocycles. The van der Waals surface area contributed by atoms with Crippen molar-refractivity contribution in [1.82, 2.24) is 0 Å². The maximum atomic E-state index is 13.3. The summed E-state index contributed by atoms with van der Waals surface area (Å²) >= 11 is 0. The zero-order valence-electron chi connectivity index (χ0n) is 18.4. The number of rotatable bonds is 6. The van der Waals surface area contributed by atoms with Gasteiger partial charge in [-0.2, -0.15) is 0 Å². The lowest BCUT2D eigenvalue weighted by Crippen LogP contribution is -2.29. The van der Waals surface area contributed by atoms with Crippen molar-refractivity contribution >= 4 is 23.1 Å². The summed E-state index contributed by atoms with van der Waals surface area (Å²) in [5.41, 5.74) is 1.38. The van der Waals surface area contributed by atoms with Gasteiger partial charge in [-0.15, -0.1) is 0 Å². The van der Waals surface area contributed by atoms with Crippen molar-refractivity contribution < 1.29 is 28.9 Å². The Bertz CT molecular complexity index is 1230. The summed E-state index contributed by atoms with van der Waals surface area (Å²) in [6.07, 6.45) is 0. The maximum Gasteiger partial charge on any atom is 0.300 e. The Labute approximate surface area is 191 Å². The normalized spacial score (nSPS) is 17.2. The molecule has 0 aliphatic carbocycles. The van der Waals surface area contributed by atoms with Gasteiger partial charge in [0.2, 0.25) is 0 Å². The average Bonchev–Trinajstić information content (AvgIpc) is 3.13. The first-order valence-electron chi connectivity index (χ1n) is 10.2. The van der Waals surface area contributed by atoms with Crippen LogP contribution in [0, 0.1) is 0 Å². The summed E-state index contributed by atoms with van der Waals surface area (Å²) in [6, 6.07) is 19.7. The summed E-state index contributed by atoms with van der Waals surface area (Å²) in [4.78, 5) is 27.9. The molecule has 1 amide bonds. The highest BCUT2D eigenvalue weighted by atomic mass is 16.5. The number of ketones is 1. The van der Waals surface area contributed by atoms with E-state index in [9.17, 15) is 14.7 Å². The van der Waals surface area contributed by atoms with Gasteiger partial charge >= 0.3 is 0 Å². The van der Waals surface area contributed by atoms with E-state index in [0.29, 0.717) is 34.1 Å². The summed E-state index contributed by atoms with van der Waals surface area (Å²) in [5, 5.41) is 11.2. The molecular weight excluding hydrogens is 422 g/mol. The summed E-state index contributed by atoms with van der Waals surface area (Å²) in [5.74, 6) is -0.323. The monoisotopic (exact) mass is 445 g/mol. The molecule has 7 nitrogen and oxygen atoms in total. The Morgan fingerprint density at radius 2 is 1.52 bits per heavy atom. The van der Waals surface area contributed by atoms with Gasteiger partial charge in [-0.1, -0.05) is 36.4 Å². The number of hydrogen-bond acceptors (Lipinski definition) is 6. The van der Waals surface area contributed by atoms with Crippen molar-refractivity contribution in [1.29, 1.82) is 0 Å². The van der Waals surface area contributed by atoms with E-state index in [1.807, 2.05) is 0 Å². The van der Waals surface area contributed by atoms with E-state index in [2.05, 4.69) is 0 Å². The first-order valence-corrected chi connectivity index (χ1v) is 10.2.